The Labute approximate surface area is 181 Å². The number of hydrogen-bond acceptors (Lipinski definition) is 4. The van der Waals surface area contributed by atoms with Crippen molar-refractivity contribution in [1.29, 1.82) is 0 Å². The highest BCUT2D eigenvalue weighted by Gasteiger charge is 2.24. The van der Waals surface area contributed by atoms with E-state index in [1.54, 1.807) is 0 Å². The van der Waals surface area contributed by atoms with Gasteiger partial charge in [-0.1, -0.05) is 60.7 Å². The smallest absolute Gasteiger partial charge is 0.251 e. The average Bonchev–Trinajstić information content (AvgIpc) is 2.80. The lowest BCUT2D eigenvalue weighted by Gasteiger charge is -2.23. The van der Waals surface area contributed by atoms with E-state index >= 15 is 0 Å². The minimum Gasteiger partial charge on any atom is -0.508 e. The van der Waals surface area contributed by atoms with Gasteiger partial charge >= 0.3 is 0 Å². The van der Waals surface area contributed by atoms with Gasteiger partial charge in [0.2, 0.25) is 5.91 Å². The Hall–Kier alpha value is -3.64. The third kappa shape index (κ3) is 6.69. The van der Waals surface area contributed by atoms with Crippen molar-refractivity contribution in [3.63, 3.8) is 0 Å². The van der Waals surface area contributed by atoms with Gasteiger partial charge < -0.3 is 20.8 Å². The molecule has 0 bridgehead atoms. The second kappa shape index (κ2) is 10.9. The summed E-state index contributed by atoms with van der Waals surface area (Å²) in [5.41, 5.74) is 2.23. The summed E-state index contributed by atoms with van der Waals surface area (Å²) in [4.78, 5) is 25.7. The van der Waals surface area contributed by atoms with Crippen molar-refractivity contribution in [3.8, 4) is 5.75 Å². The Morgan fingerprint density at radius 2 is 1.29 bits per heavy atom. The number of aliphatic hydroxyl groups excluding tert-OH is 1. The van der Waals surface area contributed by atoms with E-state index in [1.807, 2.05) is 60.7 Å². The molecule has 6 heteroatoms. The summed E-state index contributed by atoms with van der Waals surface area (Å²) in [7, 11) is 0. The van der Waals surface area contributed by atoms with Crippen LogP contribution in [0.15, 0.2) is 84.9 Å². The maximum absolute atomic E-state index is 13.1. The van der Waals surface area contributed by atoms with Crippen LogP contribution in [-0.4, -0.2) is 40.7 Å². The zero-order valence-corrected chi connectivity index (χ0v) is 17.1. The normalized spacial score (nSPS) is 12.5. The molecule has 0 aliphatic rings. The molecule has 0 unspecified atom stereocenters. The molecule has 4 N–H and O–H groups in total. The number of carbonyl (C=O) groups excluding carboxylic acids is 2. The van der Waals surface area contributed by atoms with Gasteiger partial charge in [0.05, 0.1) is 12.6 Å². The Bertz CT molecular complexity index is 975. The topological polar surface area (TPSA) is 98.7 Å². The molecule has 0 radical (unpaired) electrons. The number of benzene rings is 3. The molecule has 3 rings (SSSR count). The number of amides is 2. The van der Waals surface area contributed by atoms with Gasteiger partial charge in [-0.3, -0.25) is 9.59 Å². The zero-order valence-electron chi connectivity index (χ0n) is 17.1. The number of phenols is 1. The Morgan fingerprint density at radius 3 is 1.84 bits per heavy atom. The van der Waals surface area contributed by atoms with Crippen molar-refractivity contribution < 1.29 is 19.8 Å². The fourth-order valence-electron chi connectivity index (χ4n) is 3.28. The summed E-state index contributed by atoms with van der Waals surface area (Å²) in [6.07, 6.45) is 0.785. The quantitative estimate of drug-likeness (QED) is 0.429. The molecular weight excluding hydrogens is 392 g/mol. The van der Waals surface area contributed by atoms with E-state index in [1.165, 1.54) is 24.3 Å². The zero-order chi connectivity index (χ0) is 22.1. The van der Waals surface area contributed by atoms with Gasteiger partial charge in [-0.15, -0.1) is 0 Å². The van der Waals surface area contributed by atoms with E-state index in [0.717, 1.165) is 11.1 Å². The van der Waals surface area contributed by atoms with Crippen LogP contribution in [0.1, 0.15) is 21.5 Å². The third-order valence-corrected chi connectivity index (χ3v) is 4.93. The van der Waals surface area contributed by atoms with Crippen LogP contribution in [0.3, 0.4) is 0 Å². The maximum atomic E-state index is 13.1. The lowest BCUT2D eigenvalue weighted by molar-refractivity contribution is -0.124. The molecule has 0 aromatic heterocycles. The average molecular weight is 418 g/mol. The molecule has 160 valence electrons. The fraction of sp³-hybridized carbons (Fsp3) is 0.200. The molecule has 0 heterocycles. The van der Waals surface area contributed by atoms with Crippen molar-refractivity contribution in [2.75, 3.05) is 6.61 Å². The van der Waals surface area contributed by atoms with E-state index in [9.17, 15) is 19.8 Å². The molecule has 2 amide bonds. The second-order valence-electron chi connectivity index (χ2n) is 7.34. The third-order valence-electron chi connectivity index (χ3n) is 4.93. The summed E-state index contributed by atoms with van der Waals surface area (Å²) >= 11 is 0. The molecule has 0 aliphatic heterocycles. The highest BCUT2D eigenvalue weighted by Crippen LogP contribution is 2.11. The molecule has 0 spiro atoms. The second-order valence-corrected chi connectivity index (χ2v) is 7.34. The van der Waals surface area contributed by atoms with Crippen molar-refractivity contribution >= 4 is 11.8 Å². The van der Waals surface area contributed by atoms with E-state index in [-0.39, 0.29) is 18.3 Å². The van der Waals surface area contributed by atoms with Gasteiger partial charge in [0.25, 0.3) is 5.91 Å². The number of rotatable bonds is 9. The van der Waals surface area contributed by atoms with Gasteiger partial charge in [-0.25, -0.2) is 0 Å². The molecule has 31 heavy (non-hydrogen) atoms. The predicted molar refractivity (Wildman–Crippen MR) is 119 cm³/mol. The molecule has 3 aromatic rings. The predicted octanol–water partition coefficient (Wildman–Crippen LogP) is 2.45. The Morgan fingerprint density at radius 1 is 0.742 bits per heavy atom. The number of aromatic hydroxyl groups is 1. The minimum absolute atomic E-state index is 0.0572. The van der Waals surface area contributed by atoms with Crippen LogP contribution < -0.4 is 10.6 Å². The van der Waals surface area contributed by atoms with Gasteiger partial charge in [-0.2, -0.15) is 0 Å². The fourth-order valence-corrected chi connectivity index (χ4v) is 3.28. The van der Waals surface area contributed by atoms with Gasteiger partial charge in [-0.05, 0) is 41.8 Å². The standard InChI is InChI=1S/C25H26N2O4/c28-17-21(15-18-7-3-1-4-8-18)26-25(31)23(16-19-9-5-2-6-10-19)27-24(30)20-11-13-22(29)14-12-20/h1-14,21,23,28-29H,15-17H2,(H,26,31)(H,27,30)/t21-,23-/m0/s1. The van der Waals surface area contributed by atoms with Crippen molar-refractivity contribution in [1.82, 2.24) is 10.6 Å². The van der Waals surface area contributed by atoms with Crippen LogP contribution in [0.2, 0.25) is 0 Å². The molecule has 0 saturated carbocycles. The van der Waals surface area contributed by atoms with Crippen molar-refractivity contribution in [2.45, 2.75) is 24.9 Å². The first kappa shape index (κ1) is 22.1. The van der Waals surface area contributed by atoms with Crippen LogP contribution in [0.5, 0.6) is 5.75 Å². The monoisotopic (exact) mass is 418 g/mol. The summed E-state index contributed by atoms with van der Waals surface area (Å²) < 4.78 is 0. The summed E-state index contributed by atoms with van der Waals surface area (Å²) in [5.74, 6) is -0.729. The van der Waals surface area contributed by atoms with Crippen LogP contribution in [-0.2, 0) is 17.6 Å². The molecule has 0 aliphatic carbocycles. The number of hydrogen-bond donors (Lipinski definition) is 4. The summed E-state index contributed by atoms with van der Waals surface area (Å²) in [6, 6.07) is 23.5. The van der Waals surface area contributed by atoms with E-state index in [0.29, 0.717) is 18.4 Å². The lowest BCUT2D eigenvalue weighted by atomic mass is 10.0. The number of nitrogens with one attached hydrogen (secondary N) is 2. The molecule has 6 nitrogen and oxygen atoms in total. The van der Waals surface area contributed by atoms with E-state index in [2.05, 4.69) is 10.6 Å². The maximum Gasteiger partial charge on any atom is 0.251 e. The molecule has 0 fully saturated rings. The van der Waals surface area contributed by atoms with Gasteiger partial charge in [0.1, 0.15) is 11.8 Å². The molecule has 3 aromatic carbocycles. The SMILES string of the molecule is O=C(N[C@@H](Cc1ccccc1)C(=O)N[C@H](CO)Cc1ccccc1)c1ccc(O)cc1. The highest BCUT2D eigenvalue weighted by atomic mass is 16.3. The van der Waals surface area contributed by atoms with Crippen LogP contribution in [0, 0.1) is 0 Å². The number of carbonyl (C=O) groups is 2. The van der Waals surface area contributed by atoms with Crippen LogP contribution in [0.25, 0.3) is 0 Å². The number of phenolic OH excluding ortho intramolecular Hbond substituents is 1. The Balaban J connectivity index is 1.73. The van der Waals surface area contributed by atoms with Crippen LogP contribution >= 0.6 is 0 Å². The van der Waals surface area contributed by atoms with Gasteiger partial charge in [0.15, 0.2) is 0 Å². The minimum atomic E-state index is -0.825. The van der Waals surface area contributed by atoms with E-state index < -0.39 is 18.0 Å². The van der Waals surface area contributed by atoms with Gasteiger partial charge in [0, 0.05) is 12.0 Å². The van der Waals surface area contributed by atoms with Crippen molar-refractivity contribution in [2.24, 2.45) is 0 Å². The molecule has 0 saturated heterocycles. The molecule has 2 atom stereocenters. The number of aliphatic hydroxyl groups is 1. The van der Waals surface area contributed by atoms with E-state index in [4.69, 9.17) is 0 Å². The summed E-state index contributed by atoms with van der Waals surface area (Å²) in [5, 5.41) is 24.8. The lowest BCUT2D eigenvalue weighted by Crippen LogP contribution is -2.52. The van der Waals surface area contributed by atoms with Crippen LogP contribution in [0.4, 0.5) is 0 Å². The molecular formula is C25H26N2O4. The Kier molecular flexibility index (Phi) is 7.79. The summed E-state index contributed by atoms with van der Waals surface area (Å²) in [6.45, 7) is -0.218. The first-order chi connectivity index (χ1) is 15.0. The first-order valence-electron chi connectivity index (χ1n) is 10.1. The largest absolute Gasteiger partial charge is 0.508 e. The first-order valence-corrected chi connectivity index (χ1v) is 10.1. The van der Waals surface area contributed by atoms with Crippen molar-refractivity contribution in [3.05, 3.63) is 102 Å². The highest BCUT2D eigenvalue weighted by molar-refractivity contribution is 5.97.